The third-order valence-electron chi connectivity index (χ3n) is 4.96. The van der Waals surface area contributed by atoms with E-state index in [0.717, 1.165) is 5.56 Å². The van der Waals surface area contributed by atoms with Crippen LogP contribution in [0.2, 0.25) is 0 Å². The van der Waals surface area contributed by atoms with Gasteiger partial charge in [-0.2, -0.15) is 0 Å². The van der Waals surface area contributed by atoms with Crippen molar-refractivity contribution in [3.8, 4) is 0 Å². The van der Waals surface area contributed by atoms with Gasteiger partial charge in [0.15, 0.2) is 5.72 Å². The molecular formula is C16H16Br2N6O3. The number of halogens is 2. The molecule has 1 spiro atoms. The smallest absolute Gasteiger partial charge is 0.414 e. The van der Waals surface area contributed by atoms with E-state index in [1.807, 2.05) is 35.2 Å². The van der Waals surface area contributed by atoms with Gasteiger partial charge in [0, 0.05) is 11.5 Å². The molecule has 1 aromatic rings. The molecule has 0 aromatic heterocycles. The van der Waals surface area contributed by atoms with Gasteiger partial charge in [-0.15, -0.1) is 0 Å². The summed E-state index contributed by atoms with van der Waals surface area (Å²) >= 11 is 7.32. The summed E-state index contributed by atoms with van der Waals surface area (Å²) in [5, 5.41) is 6.64. The summed E-state index contributed by atoms with van der Waals surface area (Å²) in [6.45, 7) is 1.01. The topological polar surface area (TPSA) is 112 Å². The Kier molecular flexibility index (Phi) is 4.79. The fourth-order valence-corrected chi connectivity index (χ4v) is 5.24. The van der Waals surface area contributed by atoms with Gasteiger partial charge in [0.25, 0.3) is 0 Å². The lowest BCUT2D eigenvalue weighted by atomic mass is 9.96. The van der Waals surface area contributed by atoms with Gasteiger partial charge in [-0.1, -0.05) is 67.3 Å². The van der Waals surface area contributed by atoms with E-state index in [1.165, 1.54) is 0 Å². The van der Waals surface area contributed by atoms with Gasteiger partial charge < -0.3 is 14.4 Å². The van der Waals surface area contributed by atoms with Crippen molar-refractivity contribution >= 4 is 43.9 Å². The summed E-state index contributed by atoms with van der Waals surface area (Å²) in [5.41, 5.74) is 8.90. The number of benzene rings is 1. The fraction of sp³-hybridized carbons (Fsp3) is 0.500. The van der Waals surface area contributed by atoms with E-state index in [2.05, 4.69) is 52.2 Å². The molecule has 0 radical (unpaired) electrons. The first-order valence-corrected chi connectivity index (χ1v) is 9.96. The molecule has 1 aromatic carbocycles. The largest absolute Gasteiger partial charge is 0.444 e. The van der Waals surface area contributed by atoms with E-state index in [-0.39, 0.29) is 12.6 Å². The van der Waals surface area contributed by atoms with Crippen molar-refractivity contribution in [2.24, 2.45) is 10.1 Å². The molecular weight excluding hydrogens is 484 g/mol. The Bertz CT molecular complexity index is 829. The number of carbonyl (C=O) groups excluding carboxylic acids is 1. The standard InChI is InChI=1S/C16H16Br2N6O3/c17-15(18)6-7-24-13(20-11-9-27-16(15,24)12(11)22-23-19)21-14(25)26-8-10-4-2-1-3-5-10/h1-5,11-12H,6-9H2,(H,20,21,25)/t11-,12-,16-/m0/s1. The third-order valence-corrected chi connectivity index (χ3v) is 6.89. The molecule has 27 heavy (non-hydrogen) atoms. The van der Waals surface area contributed by atoms with Crippen molar-refractivity contribution in [3.05, 3.63) is 46.3 Å². The van der Waals surface area contributed by atoms with Crippen LogP contribution in [0.15, 0.2) is 40.4 Å². The van der Waals surface area contributed by atoms with Crippen LogP contribution < -0.4 is 5.32 Å². The molecule has 1 N–H and O–H groups in total. The SMILES string of the molecule is [N-]=[N+]=N[C@H]1[C@@H]2CO[C@@]13N(CCC3(Br)Br)C(NC(=O)OCc1ccccc1)=N2. The summed E-state index contributed by atoms with van der Waals surface area (Å²) in [6, 6.07) is 8.52. The molecule has 0 aliphatic carbocycles. The number of hydrogen-bond acceptors (Lipinski definition) is 6. The van der Waals surface area contributed by atoms with E-state index in [0.29, 0.717) is 25.5 Å². The summed E-state index contributed by atoms with van der Waals surface area (Å²) < 4.78 is 10.7. The normalized spacial score (nSPS) is 30.1. The van der Waals surface area contributed by atoms with E-state index in [1.54, 1.807) is 0 Å². The highest BCUT2D eigenvalue weighted by Crippen LogP contribution is 2.57. The molecule has 11 heteroatoms. The first-order valence-electron chi connectivity index (χ1n) is 8.37. The number of ether oxygens (including phenoxy) is 2. The number of nitrogens with zero attached hydrogens (tertiary/aromatic N) is 5. The molecule has 4 rings (SSSR count). The van der Waals surface area contributed by atoms with Gasteiger partial charge in [0.1, 0.15) is 15.9 Å². The summed E-state index contributed by atoms with van der Waals surface area (Å²) in [4.78, 5) is 21.6. The van der Waals surface area contributed by atoms with E-state index in [4.69, 9.17) is 15.0 Å². The zero-order valence-electron chi connectivity index (χ0n) is 14.1. The van der Waals surface area contributed by atoms with Crippen LogP contribution in [-0.2, 0) is 16.1 Å². The Balaban J connectivity index is 1.53. The maximum absolute atomic E-state index is 12.3. The average molecular weight is 500 g/mol. The fourth-order valence-electron chi connectivity index (χ4n) is 3.76. The van der Waals surface area contributed by atoms with E-state index >= 15 is 0 Å². The number of amides is 1. The number of guanidine groups is 1. The quantitative estimate of drug-likeness (QED) is 0.297. The van der Waals surface area contributed by atoms with Crippen molar-refractivity contribution in [2.75, 3.05) is 13.2 Å². The average Bonchev–Trinajstić information content (AvgIpc) is 3.08. The van der Waals surface area contributed by atoms with Crippen LogP contribution in [0.5, 0.6) is 0 Å². The van der Waals surface area contributed by atoms with Gasteiger partial charge in [-0.05, 0) is 17.5 Å². The summed E-state index contributed by atoms with van der Waals surface area (Å²) in [5.74, 6) is 0.362. The Morgan fingerprint density at radius 3 is 3.00 bits per heavy atom. The van der Waals surface area contributed by atoms with Crippen LogP contribution >= 0.6 is 31.9 Å². The second-order valence-corrected chi connectivity index (χ2v) is 10.2. The number of nitrogens with one attached hydrogen (secondary N) is 1. The predicted octanol–water partition coefficient (Wildman–Crippen LogP) is 3.25. The number of hydrogen-bond donors (Lipinski definition) is 1. The number of rotatable bonds is 3. The van der Waals surface area contributed by atoms with E-state index < -0.39 is 21.1 Å². The molecule has 2 fully saturated rings. The molecule has 3 aliphatic heterocycles. The highest BCUT2D eigenvalue weighted by Gasteiger charge is 2.70. The van der Waals surface area contributed by atoms with Crippen LogP contribution in [-0.4, -0.2) is 51.1 Å². The van der Waals surface area contributed by atoms with Gasteiger partial charge in [-0.3, -0.25) is 5.32 Å². The highest BCUT2D eigenvalue weighted by molar-refractivity contribution is 9.25. The van der Waals surface area contributed by atoms with Crippen molar-refractivity contribution in [3.63, 3.8) is 0 Å². The zero-order chi connectivity index (χ0) is 19.1. The molecule has 3 heterocycles. The van der Waals surface area contributed by atoms with Crippen LogP contribution in [0.25, 0.3) is 10.4 Å². The van der Waals surface area contributed by atoms with Gasteiger partial charge in [0.05, 0.1) is 12.6 Å². The van der Waals surface area contributed by atoms with E-state index in [9.17, 15) is 4.79 Å². The first kappa shape index (κ1) is 18.5. The second kappa shape index (κ2) is 6.97. The minimum atomic E-state index is -0.965. The molecule has 0 saturated carbocycles. The van der Waals surface area contributed by atoms with Crippen LogP contribution in [0.4, 0.5) is 4.79 Å². The molecule has 3 aliphatic rings. The molecule has 1 amide bonds. The minimum absolute atomic E-state index is 0.160. The van der Waals surface area contributed by atoms with Gasteiger partial charge >= 0.3 is 6.09 Å². The van der Waals surface area contributed by atoms with Crippen LogP contribution in [0.3, 0.4) is 0 Å². The highest BCUT2D eigenvalue weighted by atomic mass is 79.9. The van der Waals surface area contributed by atoms with Crippen LogP contribution in [0.1, 0.15) is 12.0 Å². The summed E-state index contributed by atoms with van der Waals surface area (Å²) in [6.07, 6.45) is 0.0627. The number of azide groups is 1. The zero-order valence-corrected chi connectivity index (χ0v) is 17.3. The lowest BCUT2D eigenvalue weighted by Crippen LogP contribution is -2.66. The molecule has 9 nitrogen and oxygen atoms in total. The maximum atomic E-state index is 12.3. The third kappa shape index (κ3) is 2.98. The van der Waals surface area contributed by atoms with Gasteiger partial charge in [-0.25, -0.2) is 9.79 Å². The number of carbonyl (C=O) groups is 1. The predicted molar refractivity (Wildman–Crippen MR) is 105 cm³/mol. The van der Waals surface area contributed by atoms with Crippen molar-refractivity contribution in [1.29, 1.82) is 0 Å². The summed E-state index contributed by atoms with van der Waals surface area (Å²) in [7, 11) is 0. The number of alkyl halides is 2. The molecule has 3 atom stereocenters. The molecule has 2 saturated heterocycles. The molecule has 0 unspecified atom stereocenters. The minimum Gasteiger partial charge on any atom is -0.444 e. The Labute approximate surface area is 172 Å². The Morgan fingerprint density at radius 2 is 2.26 bits per heavy atom. The number of alkyl carbamates (subject to hydrolysis) is 1. The lowest BCUT2D eigenvalue weighted by Gasteiger charge is -2.46. The second-order valence-electron chi connectivity index (χ2n) is 6.47. The van der Waals surface area contributed by atoms with Crippen molar-refractivity contribution in [2.45, 2.75) is 34.1 Å². The maximum Gasteiger partial charge on any atom is 0.414 e. The number of aliphatic imine (C=N–C) groups is 1. The van der Waals surface area contributed by atoms with Crippen molar-refractivity contribution < 1.29 is 14.3 Å². The molecule has 142 valence electrons. The lowest BCUT2D eigenvalue weighted by molar-refractivity contribution is -0.0743. The number of fused-ring (bicyclic) bond motifs is 1. The van der Waals surface area contributed by atoms with Crippen LogP contribution in [0, 0.1) is 0 Å². The first-order chi connectivity index (χ1) is 13.0. The molecule has 2 bridgehead atoms. The van der Waals surface area contributed by atoms with Gasteiger partial charge in [0.2, 0.25) is 5.96 Å². The monoisotopic (exact) mass is 498 g/mol. The Hall–Kier alpha value is -1.81. The Morgan fingerprint density at radius 1 is 1.48 bits per heavy atom. The van der Waals surface area contributed by atoms with Crippen molar-refractivity contribution in [1.82, 2.24) is 10.2 Å².